The first kappa shape index (κ1) is 18.3. The van der Waals surface area contributed by atoms with Gasteiger partial charge in [-0.3, -0.25) is 9.48 Å². The van der Waals surface area contributed by atoms with Crippen molar-refractivity contribution < 1.29 is 18.3 Å². The van der Waals surface area contributed by atoms with Crippen molar-refractivity contribution in [2.24, 2.45) is 5.92 Å². The van der Waals surface area contributed by atoms with Crippen LogP contribution < -0.4 is 10.1 Å². The van der Waals surface area contributed by atoms with Gasteiger partial charge in [0, 0.05) is 30.1 Å². The Morgan fingerprint density at radius 3 is 2.93 bits per heavy atom. The number of pyridine rings is 2. The van der Waals surface area contributed by atoms with Crippen LogP contribution in [0, 0.1) is 12.8 Å². The van der Waals surface area contributed by atoms with Crippen LogP contribution in [0.2, 0.25) is 0 Å². The Labute approximate surface area is 159 Å². The molecule has 4 rings (SSSR count). The molecule has 1 aliphatic carbocycles. The van der Waals surface area contributed by atoms with Crippen LogP contribution in [0.15, 0.2) is 30.7 Å². The number of aryl methyl sites for hydroxylation is 1. The SMILES string of the molecule is Cc1cc(Cn2cc3c(NC(=O)C4CC4)nccc3n2)cnc1OCC(F)F. The highest BCUT2D eigenvalue weighted by atomic mass is 19.3. The summed E-state index contributed by atoms with van der Waals surface area (Å²) < 4.78 is 31.3. The second-order valence-electron chi connectivity index (χ2n) is 6.85. The van der Waals surface area contributed by atoms with Crippen molar-refractivity contribution in [3.05, 3.63) is 41.9 Å². The molecule has 28 heavy (non-hydrogen) atoms. The summed E-state index contributed by atoms with van der Waals surface area (Å²) in [5.74, 6) is 0.786. The zero-order valence-corrected chi connectivity index (χ0v) is 15.2. The minimum atomic E-state index is -2.54. The molecule has 0 aromatic carbocycles. The summed E-state index contributed by atoms with van der Waals surface area (Å²) in [7, 11) is 0. The predicted molar refractivity (Wildman–Crippen MR) is 98.5 cm³/mol. The predicted octanol–water partition coefficient (Wildman–Crippen LogP) is 3.18. The van der Waals surface area contributed by atoms with Crippen LogP contribution in [0.5, 0.6) is 5.88 Å². The summed E-state index contributed by atoms with van der Waals surface area (Å²) in [6.07, 6.45) is 4.31. The summed E-state index contributed by atoms with van der Waals surface area (Å²) in [6.45, 7) is 1.51. The average molecular weight is 387 g/mol. The number of anilines is 1. The lowest BCUT2D eigenvalue weighted by molar-refractivity contribution is -0.117. The molecule has 0 radical (unpaired) electrons. The number of fused-ring (bicyclic) bond motifs is 1. The molecule has 1 saturated carbocycles. The van der Waals surface area contributed by atoms with Crippen LogP contribution in [0.3, 0.4) is 0 Å². The number of hydrogen-bond acceptors (Lipinski definition) is 5. The first-order valence-corrected chi connectivity index (χ1v) is 8.99. The summed E-state index contributed by atoms with van der Waals surface area (Å²) in [5.41, 5.74) is 2.25. The molecule has 9 heteroatoms. The highest BCUT2D eigenvalue weighted by Crippen LogP contribution is 2.31. The van der Waals surface area contributed by atoms with Gasteiger partial charge < -0.3 is 10.1 Å². The first-order valence-electron chi connectivity index (χ1n) is 8.99. The van der Waals surface area contributed by atoms with Crippen molar-refractivity contribution in [2.45, 2.75) is 32.7 Å². The number of nitrogens with one attached hydrogen (secondary N) is 1. The lowest BCUT2D eigenvalue weighted by atomic mass is 10.2. The normalized spacial score (nSPS) is 13.9. The molecule has 0 spiro atoms. The lowest BCUT2D eigenvalue weighted by Crippen LogP contribution is -2.14. The fourth-order valence-corrected chi connectivity index (χ4v) is 2.93. The van der Waals surface area contributed by atoms with Crippen LogP contribution in [-0.2, 0) is 11.3 Å². The van der Waals surface area contributed by atoms with E-state index in [9.17, 15) is 13.6 Å². The topological polar surface area (TPSA) is 81.9 Å². The molecule has 0 unspecified atom stereocenters. The van der Waals surface area contributed by atoms with Crippen molar-refractivity contribution in [3.63, 3.8) is 0 Å². The molecular formula is C19H19F2N5O2. The second-order valence-corrected chi connectivity index (χ2v) is 6.85. The Kier molecular flexibility index (Phi) is 4.89. The number of carbonyl (C=O) groups is 1. The minimum Gasteiger partial charge on any atom is -0.471 e. The van der Waals surface area contributed by atoms with E-state index in [-0.39, 0.29) is 17.7 Å². The molecule has 1 fully saturated rings. The first-order chi connectivity index (χ1) is 13.5. The van der Waals surface area contributed by atoms with Gasteiger partial charge in [-0.05, 0) is 37.5 Å². The molecular weight excluding hydrogens is 368 g/mol. The van der Waals surface area contributed by atoms with Crippen molar-refractivity contribution >= 4 is 22.6 Å². The Balaban J connectivity index is 1.51. The monoisotopic (exact) mass is 387 g/mol. The van der Waals surface area contributed by atoms with Crippen LogP contribution in [0.25, 0.3) is 10.9 Å². The molecule has 0 aliphatic heterocycles. The average Bonchev–Trinajstić information content (AvgIpc) is 3.42. The van der Waals surface area contributed by atoms with E-state index in [4.69, 9.17) is 4.74 Å². The zero-order valence-electron chi connectivity index (χ0n) is 15.2. The third-order valence-electron chi connectivity index (χ3n) is 4.45. The number of rotatable bonds is 7. The smallest absolute Gasteiger partial charge is 0.272 e. The van der Waals surface area contributed by atoms with E-state index in [0.29, 0.717) is 17.9 Å². The Hall–Kier alpha value is -3.10. The highest BCUT2D eigenvalue weighted by molar-refractivity contribution is 6.00. The maximum atomic E-state index is 12.3. The molecule has 3 aromatic rings. The number of aromatic nitrogens is 4. The van der Waals surface area contributed by atoms with Crippen LogP contribution in [-0.4, -0.2) is 38.7 Å². The number of nitrogens with zero attached hydrogens (tertiary/aromatic N) is 4. The molecule has 146 valence electrons. The van der Waals surface area contributed by atoms with Crippen molar-refractivity contribution in [2.75, 3.05) is 11.9 Å². The van der Waals surface area contributed by atoms with E-state index in [1.165, 1.54) is 0 Å². The summed E-state index contributed by atoms with van der Waals surface area (Å²) in [5, 5.41) is 8.15. The second kappa shape index (κ2) is 7.49. The van der Waals surface area contributed by atoms with Gasteiger partial charge in [0.25, 0.3) is 6.43 Å². The third-order valence-corrected chi connectivity index (χ3v) is 4.45. The van der Waals surface area contributed by atoms with Crippen molar-refractivity contribution in [3.8, 4) is 5.88 Å². The number of carbonyl (C=O) groups excluding carboxylic acids is 1. The van der Waals surface area contributed by atoms with Gasteiger partial charge in [0.15, 0.2) is 6.61 Å². The Morgan fingerprint density at radius 1 is 1.39 bits per heavy atom. The van der Waals surface area contributed by atoms with Gasteiger partial charge in [0.05, 0.1) is 17.4 Å². The molecule has 0 atom stereocenters. The van der Waals surface area contributed by atoms with Gasteiger partial charge >= 0.3 is 0 Å². The van der Waals surface area contributed by atoms with Gasteiger partial charge in [-0.25, -0.2) is 18.7 Å². The van der Waals surface area contributed by atoms with E-state index in [1.807, 2.05) is 12.3 Å². The molecule has 1 amide bonds. The summed E-state index contributed by atoms with van der Waals surface area (Å²) in [4.78, 5) is 20.4. The summed E-state index contributed by atoms with van der Waals surface area (Å²) >= 11 is 0. The molecule has 1 N–H and O–H groups in total. The number of ether oxygens (including phenoxy) is 1. The number of alkyl halides is 2. The quantitative estimate of drug-likeness (QED) is 0.673. The van der Waals surface area contributed by atoms with Gasteiger partial charge in [0.1, 0.15) is 5.82 Å². The summed E-state index contributed by atoms with van der Waals surface area (Å²) in [6, 6.07) is 3.61. The van der Waals surface area contributed by atoms with Gasteiger partial charge in [-0.1, -0.05) is 0 Å². The molecule has 1 aliphatic rings. The lowest BCUT2D eigenvalue weighted by Gasteiger charge is -2.09. The molecule has 0 saturated heterocycles. The molecule has 3 aromatic heterocycles. The van der Waals surface area contributed by atoms with E-state index in [1.54, 1.807) is 30.1 Å². The van der Waals surface area contributed by atoms with Crippen LogP contribution in [0.1, 0.15) is 24.0 Å². The fraction of sp³-hybridized carbons (Fsp3) is 0.368. The third kappa shape index (κ3) is 4.08. The van der Waals surface area contributed by atoms with E-state index >= 15 is 0 Å². The van der Waals surface area contributed by atoms with E-state index in [0.717, 1.165) is 29.3 Å². The number of amides is 1. The van der Waals surface area contributed by atoms with Crippen LogP contribution >= 0.6 is 0 Å². The van der Waals surface area contributed by atoms with Crippen molar-refractivity contribution in [1.82, 2.24) is 19.7 Å². The minimum absolute atomic E-state index is 0.00744. The van der Waals surface area contributed by atoms with E-state index < -0.39 is 13.0 Å². The zero-order chi connectivity index (χ0) is 19.7. The van der Waals surface area contributed by atoms with E-state index in [2.05, 4.69) is 20.4 Å². The largest absolute Gasteiger partial charge is 0.471 e. The number of hydrogen-bond donors (Lipinski definition) is 1. The van der Waals surface area contributed by atoms with Gasteiger partial charge in [-0.15, -0.1) is 0 Å². The van der Waals surface area contributed by atoms with Crippen LogP contribution in [0.4, 0.5) is 14.6 Å². The molecule has 3 heterocycles. The van der Waals surface area contributed by atoms with Gasteiger partial charge in [0.2, 0.25) is 11.8 Å². The Morgan fingerprint density at radius 2 is 2.21 bits per heavy atom. The Bertz CT molecular complexity index is 1020. The van der Waals surface area contributed by atoms with Gasteiger partial charge in [-0.2, -0.15) is 5.10 Å². The van der Waals surface area contributed by atoms with Crippen molar-refractivity contribution in [1.29, 1.82) is 0 Å². The fourth-order valence-electron chi connectivity index (χ4n) is 2.93. The molecule has 0 bridgehead atoms. The standard InChI is InChI=1S/C19H19F2N5O2/c1-11-6-12(7-23-19(11)28-10-16(20)21)8-26-9-14-15(25-26)4-5-22-17(14)24-18(27)13-2-3-13/h4-7,9,13,16H,2-3,8,10H2,1H3,(H,22,24,27). The maximum Gasteiger partial charge on any atom is 0.272 e. The maximum absolute atomic E-state index is 12.3. The molecule has 7 nitrogen and oxygen atoms in total. The number of halogens is 2. The highest BCUT2D eigenvalue weighted by Gasteiger charge is 2.30.